The molecule has 0 N–H and O–H groups in total. The fraction of sp³-hybridized carbons (Fsp3) is 0.375. The predicted molar refractivity (Wildman–Crippen MR) is 47.7 cm³/mol. The van der Waals surface area contributed by atoms with Crippen LogP contribution in [0.1, 0.15) is 23.1 Å². The van der Waals surface area contributed by atoms with E-state index in [4.69, 9.17) is 16.3 Å². The number of esters is 1. The minimum atomic E-state index is -0.538. The van der Waals surface area contributed by atoms with Crippen molar-refractivity contribution in [3.63, 3.8) is 0 Å². The molecule has 4 nitrogen and oxygen atoms in total. The molecule has 0 saturated carbocycles. The first-order valence-electron chi connectivity index (χ1n) is 3.81. The Balaban J connectivity index is 2.99. The summed E-state index contributed by atoms with van der Waals surface area (Å²) < 4.78 is 4.74. The molecule has 13 heavy (non-hydrogen) atoms. The maximum absolute atomic E-state index is 11.2. The molecule has 0 bridgehead atoms. The standard InChI is InChI=1S/C8H9ClN2O2/c1-3-13-8(12)6-7(9)10-4-5(2)11-6/h4H,3H2,1-2H3. The van der Waals surface area contributed by atoms with E-state index in [-0.39, 0.29) is 10.8 Å². The van der Waals surface area contributed by atoms with Crippen LogP contribution < -0.4 is 0 Å². The van der Waals surface area contributed by atoms with Gasteiger partial charge in [0.15, 0.2) is 10.8 Å². The van der Waals surface area contributed by atoms with E-state index in [1.165, 1.54) is 6.20 Å². The molecule has 0 unspecified atom stereocenters. The van der Waals surface area contributed by atoms with Crippen LogP contribution in [0, 0.1) is 6.92 Å². The van der Waals surface area contributed by atoms with E-state index in [1.54, 1.807) is 13.8 Å². The van der Waals surface area contributed by atoms with E-state index >= 15 is 0 Å². The number of nitrogens with zero attached hydrogens (tertiary/aromatic N) is 2. The Morgan fingerprint density at radius 2 is 2.38 bits per heavy atom. The van der Waals surface area contributed by atoms with Crippen molar-refractivity contribution in [3.8, 4) is 0 Å². The minimum absolute atomic E-state index is 0.0727. The van der Waals surface area contributed by atoms with E-state index in [0.29, 0.717) is 12.3 Å². The van der Waals surface area contributed by atoms with Crippen LogP contribution in [-0.4, -0.2) is 22.5 Å². The van der Waals surface area contributed by atoms with E-state index in [1.807, 2.05) is 0 Å². The molecule has 1 rings (SSSR count). The van der Waals surface area contributed by atoms with Crippen molar-refractivity contribution in [1.82, 2.24) is 9.97 Å². The van der Waals surface area contributed by atoms with Gasteiger partial charge in [-0.05, 0) is 13.8 Å². The molecule has 5 heteroatoms. The summed E-state index contributed by atoms with van der Waals surface area (Å²) in [4.78, 5) is 18.9. The first-order valence-corrected chi connectivity index (χ1v) is 4.19. The van der Waals surface area contributed by atoms with Gasteiger partial charge >= 0.3 is 5.97 Å². The number of hydrogen-bond donors (Lipinski definition) is 0. The Morgan fingerprint density at radius 1 is 1.69 bits per heavy atom. The zero-order valence-corrected chi connectivity index (χ0v) is 8.13. The number of aromatic nitrogens is 2. The van der Waals surface area contributed by atoms with Gasteiger partial charge in [-0.2, -0.15) is 0 Å². The molecular weight excluding hydrogens is 192 g/mol. The van der Waals surface area contributed by atoms with Gasteiger partial charge in [0.1, 0.15) is 0 Å². The number of rotatable bonds is 2. The Morgan fingerprint density at radius 3 is 3.00 bits per heavy atom. The second-order valence-electron chi connectivity index (χ2n) is 2.37. The van der Waals surface area contributed by atoms with Crippen molar-refractivity contribution in [3.05, 3.63) is 22.7 Å². The molecule has 0 fully saturated rings. The molecule has 0 aliphatic carbocycles. The van der Waals surface area contributed by atoms with Gasteiger partial charge in [-0.15, -0.1) is 0 Å². The van der Waals surface area contributed by atoms with Gasteiger partial charge in [0.2, 0.25) is 0 Å². The molecule has 0 aromatic carbocycles. The molecule has 0 radical (unpaired) electrons. The summed E-state index contributed by atoms with van der Waals surface area (Å²) >= 11 is 5.65. The molecular formula is C8H9ClN2O2. The number of halogens is 1. The molecule has 1 aromatic heterocycles. The first-order chi connectivity index (χ1) is 6.15. The average molecular weight is 201 g/mol. The van der Waals surface area contributed by atoms with Crippen LogP contribution in [0.15, 0.2) is 6.20 Å². The lowest BCUT2D eigenvalue weighted by atomic mass is 10.4. The largest absolute Gasteiger partial charge is 0.461 e. The highest BCUT2D eigenvalue weighted by Crippen LogP contribution is 2.11. The fourth-order valence-electron chi connectivity index (χ4n) is 0.792. The second-order valence-corrected chi connectivity index (χ2v) is 2.73. The highest BCUT2D eigenvalue weighted by molar-refractivity contribution is 6.32. The van der Waals surface area contributed by atoms with Crippen LogP contribution >= 0.6 is 11.6 Å². The van der Waals surface area contributed by atoms with Gasteiger partial charge < -0.3 is 4.74 Å². The van der Waals surface area contributed by atoms with Gasteiger partial charge in [-0.1, -0.05) is 11.6 Å². The Labute approximate surface area is 80.9 Å². The van der Waals surface area contributed by atoms with E-state index < -0.39 is 5.97 Å². The third-order valence-electron chi connectivity index (χ3n) is 1.32. The third-order valence-corrected chi connectivity index (χ3v) is 1.59. The highest BCUT2D eigenvalue weighted by Gasteiger charge is 2.14. The predicted octanol–water partition coefficient (Wildman–Crippen LogP) is 1.62. The Hall–Kier alpha value is -1.16. The zero-order valence-electron chi connectivity index (χ0n) is 7.37. The second kappa shape index (κ2) is 4.18. The lowest BCUT2D eigenvalue weighted by Gasteiger charge is -2.02. The number of carbonyl (C=O) groups excluding carboxylic acids is 1. The molecule has 1 aromatic rings. The van der Waals surface area contributed by atoms with E-state index in [2.05, 4.69) is 9.97 Å². The van der Waals surface area contributed by atoms with Crippen molar-refractivity contribution in [2.75, 3.05) is 6.61 Å². The summed E-state index contributed by atoms with van der Waals surface area (Å²) in [5.74, 6) is -0.538. The Kier molecular flexibility index (Phi) is 3.19. The minimum Gasteiger partial charge on any atom is -0.461 e. The first kappa shape index (κ1) is 9.92. The SMILES string of the molecule is CCOC(=O)c1nc(C)cnc1Cl. The maximum atomic E-state index is 11.2. The molecule has 0 aliphatic heterocycles. The van der Waals surface area contributed by atoms with E-state index in [0.717, 1.165) is 0 Å². The molecule has 1 heterocycles. The summed E-state index contributed by atoms with van der Waals surface area (Å²) in [6, 6.07) is 0. The van der Waals surface area contributed by atoms with Gasteiger partial charge in [-0.3, -0.25) is 0 Å². The molecule has 0 aliphatic rings. The van der Waals surface area contributed by atoms with Crippen LogP contribution in [0.4, 0.5) is 0 Å². The molecule has 0 amide bonds. The number of ether oxygens (including phenoxy) is 1. The molecule has 70 valence electrons. The number of carbonyl (C=O) groups is 1. The summed E-state index contributed by atoms with van der Waals surface area (Å²) in [6.45, 7) is 3.74. The van der Waals surface area contributed by atoms with Crippen molar-refractivity contribution in [2.45, 2.75) is 13.8 Å². The lowest BCUT2D eigenvalue weighted by molar-refractivity contribution is 0.0519. The smallest absolute Gasteiger partial charge is 0.360 e. The van der Waals surface area contributed by atoms with Gasteiger partial charge in [0.25, 0.3) is 0 Å². The van der Waals surface area contributed by atoms with Crippen molar-refractivity contribution >= 4 is 17.6 Å². The molecule has 0 spiro atoms. The van der Waals surface area contributed by atoms with Crippen LogP contribution in [0.25, 0.3) is 0 Å². The third kappa shape index (κ3) is 2.39. The monoisotopic (exact) mass is 200 g/mol. The molecule has 0 atom stereocenters. The summed E-state index contributed by atoms with van der Waals surface area (Å²) in [5.41, 5.74) is 0.705. The van der Waals surface area contributed by atoms with Crippen LogP contribution in [-0.2, 0) is 4.74 Å². The van der Waals surface area contributed by atoms with Crippen molar-refractivity contribution in [1.29, 1.82) is 0 Å². The van der Waals surface area contributed by atoms with Crippen molar-refractivity contribution in [2.24, 2.45) is 0 Å². The van der Waals surface area contributed by atoms with Gasteiger partial charge in [0, 0.05) is 6.20 Å². The van der Waals surface area contributed by atoms with Crippen LogP contribution in [0.2, 0.25) is 5.15 Å². The number of hydrogen-bond acceptors (Lipinski definition) is 4. The van der Waals surface area contributed by atoms with Gasteiger partial charge in [0.05, 0.1) is 12.3 Å². The van der Waals surface area contributed by atoms with Crippen LogP contribution in [0.3, 0.4) is 0 Å². The lowest BCUT2D eigenvalue weighted by Crippen LogP contribution is -2.09. The summed E-state index contributed by atoms with van der Waals surface area (Å²) in [6.07, 6.45) is 1.49. The molecule has 0 saturated heterocycles. The fourth-order valence-corrected chi connectivity index (χ4v) is 0.960. The average Bonchev–Trinajstić information content (AvgIpc) is 2.09. The Bertz CT molecular complexity index is 328. The summed E-state index contributed by atoms with van der Waals surface area (Å²) in [7, 11) is 0. The highest BCUT2D eigenvalue weighted by atomic mass is 35.5. The maximum Gasteiger partial charge on any atom is 0.360 e. The zero-order chi connectivity index (χ0) is 9.84. The van der Waals surface area contributed by atoms with E-state index in [9.17, 15) is 4.79 Å². The van der Waals surface area contributed by atoms with Crippen molar-refractivity contribution < 1.29 is 9.53 Å². The normalized spacial score (nSPS) is 9.77. The van der Waals surface area contributed by atoms with Crippen LogP contribution in [0.5, 0.6) is 0 Å². The topological polar surface area (TPSA) is 52.1 Å². The number of aryl methyl sites for hydroxylation is 1. The summed E-state index contributed by atoms with van der Waals surface area (Å²) in [5, 5.41) is 0.0732. The van der Waals surface area contributed by atoms with Gasteiger partial charge in [-0.25, -0.2) is 14.8 Å². The quantitative estimate of drug-likeness (QED) is 0.681.